The molecule has 0 heterocycles. The lowest BCUT2D eigenvalue weighted by Gasteiger charge is -2.14. The van der Waals surface area contributed by atoms with Gasteiger partial charge in [-0.1, -0.05) is 109 Å². The largest absolute Gasteiger partial charge is 0.457 e. The average molecular weight is 465 g/mol. The first-order valence-electron chi connectivity index (χ1n) is 12.0. The number of ether oxygens (including phenoxy) is 2. The van der Waals surface area contributed by atoms with Crippen molar-refractivity contribution < 1.29 is 9.47 Å². The van der Waals surface area contributed by atoms with Gasteiger partial charge in [0.05, 0.1) is 0 Å². The fourth-order valence-electron chi connectivity index (χ4n) is 4.37. The first kappa shape index (κ1) is 21.7. The zero-order chi connectivity index (χ0) is 24.2. The van der Waals surface area contributed by atoms with E-state index in [1.807, 2.05) is 84.9 Å². The van der Waals surface area contributed by atoms with Gasteiger partial charge >= 0.3 is 0 Å². The van der Waals surface area contributed by atoms with E-state index in [4.69, 9.17) is 9.47 Å². The van der Waals surface area contributed by atoms with Gasteiger partial charge in [-0.2, -0.15) is 0 Å². The first-order chi connectivity index (χ1) is 17.8. The third kappa shape index (κ3) is 4.57. The highest BCUT2D eigenvalue weighted by atomic mass is 16.5. The standard InChI is InChI=1S/C34H24O2/c1-3-9-25(10-4-1)27-15-19-29(20-16-27)35-33-23-24-34(32-14-8-7-13-31(32)33)36-30-21-17-28(18-22-30)26-11-5-2-6-12-26/h1-24H. The van der Waals surface area contributed by atoms with Gasteiger partial charge in [-0.25, -0.2) is 0 Å². The Kier molecular flexibility index (Phi) is 5.91. The Morgan fingerprint density at radius 3 is 1.00 bits per heavy atom. The van der Waals surface area contributed by atoms with Crippen molar-refractivity contribution in [3.8, 4) is 45.3 Å². The minimum absolute atomic E-state index is 0.796. The van der Waals surface area contributed by atoms with E-state index >= 15 is 0 Å². The minimum atomic E-state index is 0.796. The van der Waals surface area contributed by atoms with Crippen LogP contribution in [-0.4, -0.2) is 0 Å². The summed E-state index contributed by atoms with van der Waals surface area (Å²) in [4.78, 5) is 0. The van der Waals surface area contributed by atoms with E-state index in [0.717, 1.165) is 44.9 Å². The summed E-state index contributed by atoms with van der Waals surface area (Å²) >= 11 is 0. The fraction of sp³-hybridized carbons (Fsp3) is 0. The molecule has 0 aliphatic rings. The zero-order valence-corrected chi connectivity index (χ0v) is 19.7. The Labute approximate surface area is 211 Å². The van der Waals surface area contributed by atoms with Crippen molar-refractivity contribution in [1.82, 2.24) is 0 Å². The van der Waals surface area contributed by atoms with Gasteiger partial charge in [-0.3, -0.25) is 0 Å². The van der Waals surface area contributed by atoms with Crippen LogP contribution in [0.3, 0.4) is 0 Å². The van der Waals surface area contributed by atoms with Crippen molar-refractivity contribution in [2.75, 3.05) is 0 Å². The molecule has 2 nitrogen and oxygen atoms in total. The van der Waals surface area contributed by atoms with Gasteiger partial charge in [-0.15, -0.1) is 0 Å². The third-order valence-electron chi connectivity index (χ3n) is 6.22. The van der Waals surface area contributed by atoms with Crippen molar-refractivity contribution >= 4 is 10.8 Å². The van der Waals surface area contributed by atoms with Crippen LogP contribution in [0.4, 0.5) is 0 Å². The van der Waals surface area contributed by atoms with Crippen molar-refractivity contribution in [3.05, 3.63) is 146 Å². The van der Waals surface area contributed by atoms with E-state index in [9.17, 15) is 0 Å². The molecule has 0 atom stereocenters. The number of rotatable bonds is 6. The summed E-state index contributed by atoms with van der Waals surface area (Å²) in [5, 5.41) is 2.01. The molecule has 0 fully saturated rings. The van der Waals surface area contributed by atoms with E-state index in [1.165, 1.54) is 11.1 Å². The maximum Gasteiger partial charge on any atom is 0.135 e. The average Bonchev–Trinajstić information content (AvgIpc) is 2.96. The Hall–Kier alpha value is -4.82. The predicted octanol–water partition coefficient (Wildman–Crippen LogP) is 9.76. The van der Waals surface area contributed by atoms with E-state index in [1.54, 1.807) is 0 Å². The molecule has 2 heteroatoms. The molecule has 6 aromatic rings. The topological polar surface area (TPSA) is 18.5 Å². The van der Waals surface area contributed by atoms with E-state index in [0.29, 0.717) is 0 Å². The highest BCUT2D eigenvalue weighted by Gasteiger charge is 2.10. The van der Waals surface area contributed by atoms with Crippen LogP contribution in [0.2, 0.25) is 0 Å². The SMILES string of the molecule is c1ccc(-c2ccc(Oc3ccc(Oc4ccc(-c5ccccc5)cc4)c4ccccc34)cc2)cc1. The maximum absolute atomic E-state index is 6.30. The molecule has 0 unspecified atom stereocenters. The highest BCUT2D eigenvalue weighted by molar-refractivity contribution is 5.93. The van der Waals surface area contributed by atoms with Crippen molar-refractivity contribution in [2.24, 2.45) is 0 Å². The van der Waals surface area contributed by atoms with Crippen LogP contribution in [0.25, 0.3) is 33.0 Å². The number of hydrogen-bond acceptors (Lipinski definition) is 2. The second-order valence-electron chi connectivity index (χ2n) is 8.59. The summed E-state index contributed by atoms with van der Waals surface area (Å²) in [6.07, 6.45) is 0. The van der Waals surface area contributed by atoms with Gasteiger partial charge < -0.3 is 9.47 Å². The van der Waals surface area contributed by atoms with Crippen LogP contribution in [-0.2, 0) is 0 Å². The van der Waals surface area contributed by atoms with Crippen LogP contribution in [0.1, 0.15) is 0 Å². The molecule has 0 amide bonds. The van der Waals surface area contributed by atoms with Crippen LogP contribution in [0.15, 0.2) is 146 Å². The minimum Gasteiger partial charge on any atom is -0.457 e. The molecule has 0 aliphatic heterocycles. The normalized spacial score (nSPS) is 10.8. The summed E-state index contributed by atoms with van der Waals surface area (Å²) < 4.78 is 12.6. The second-order valence-corrected chi connectivity index (χ2v) is 8.59. The van der Waals surface area contributed by atoms with Gasteiger partial charge in [0, 0.05) is 10.8 Å². The predicted molar refractivity (Wildman–Crippen MR) is 148 cm³/mol. The summed E-state index contributed by atoms with van der Waals surface area (Å²) in [5.41, 5.74) is 4.70. The van der Waals surface area contributed by atoms with Crippen molar-refractivity contribution in [2.45, 2.75) is 0 Å². The fourth-order valence-corrected chi connectivity index (χ4v) is 4.37. The molecule has 6 rings (SSSR count). The molecular formula is C34H24O2. The molecule has 0 saturated heterocycles. The Morgan fingerprint density at radius 1 is 0.278 bits per heavy atom. The number of fused-ring (bicyclic) bond motifs is 1. The lowest BCUT2D eigenvalue weighted by Crippen LogP contribution is -1.90. The summed E-state index contributed by atoms with van der Waals surface area (Å²) in [6.45, 7) is 0. The van der Waals surface area contributed by atoms with Gasteiger partial charge in [0.1, 0.15) is 23.0 Å². The van der Waals surface area contributed by atoms with E-state index in [2.05, 4.69) is 60.7 Å². The molecule has 172 valence electrons. The Balaban J connectivity index is 1.25. The molecule has 0 aromatic heterocycles. The third-order valence-corrected chi connectivity index (χ3v) is 6.22. The molecule has 36 heavy (non-hydrogen) atoms. The smallest absolute Gasteiger partial charge is 0.135 e. The molecule has 0 N–H and O–H groups in total. The monoisotopic (exact) mass is 464 g/mol. The van der Waals surface area contributed by atoms with E-state index < -0.39 is 0 Å². The lowest BCUT2D eigenvalue weighted by molar-refractivity contribution is 0.478. The first-order valence-corrected chi connectivity index (χ1v) is 12.0. The van der Waals surface area contributed by atoms with Gasteiger partial charge in [-0.05, 0) is 58.7 Å². The highest BCUT2D eigenvalue weighted by Crippen LogP contribution is 2.38. The van der Waals surface area contributed by atoms with Crippen LogP contribution < -0.4 is 9.47 Å². The van der Waals surface area contributed by atoms with Crippen molar-refractivity contribution in [1.29, 1.82) is 0 Å². The van der Waals surface area contributed by atoms with Gasteiger partial charge in [0.25, 0.3) is 0 Å². The second kappa shape index (κ2) is 9.81. The van der Waals surface area contributed by atoms with Gasteiger partial charge in [0.15, 0.2) is 0 Å². The van der Waals surface area contributed by atoms with Crippen molar-refractivity contribution in [3.63, 3.8) is 0 Å². The molecule has 0 bridgehead atoms. The van der Waals surface area contributed by atoms with Gasteiger partial charge in [0.2, 0.25) is 0 Å². The molecule has 0 spiro atoms. The van der Waals surface area contributed by atoms with E-state index in [-0.39, 0.29) is 0 Å². The summed E-state index contributed by atoms with van der Waals surface area (Å²) in [5.74, 6) is 3.18. The van der Waals surface area contributed by atoms with Crippen LogP contribution in [0, 0.1) is 0 Å². The molecular weight excluding hydrogens is 440 g/mol. The molecule has 6 aromatic carbocycles. The Morgan fingerprint density at radius 2 is 0.611 bits per heavy atom. The molecule has 0 aliphatic carbocycles. The summed E-state index contributed by atoms with van der Waals surface area (Å²) in [7, 11) is 0. The Bertz CT molecular complexity index is 1460. The molecule has 0 saturated carbocycles. The number of benzene rings is 6. The summed E-state index contributed by atoms with van der Waals surface area (Å²) in [6, 6.07) is 49.2. The quantitative estimate of drug-likeness (QED) is 0.244. The van der Waals surface area contributed by atoms with Crippen LogP contribution >= 0.6 is 0 Å². The van der Waals surface area contributed by atoms with Crippen LogP contribution in [0.5, 0.6) is 23.0 Å². The zero-order valence-electron chi connectivity index (χ0n) is 19.7. The number of hydrogen-bond donors (Lipinski definition) is 0. The molecule has 0 radical (unpaired) electrons. The maximum atomic E-state index is 6.30. The lowest BCUT2D eigenvalue weighted by atomic mass is 10.1.